The number of nitrogens with one attached hydrogen (secondary N) is 1. The second-order valence-corrected chi connectivity index (χ2v) is 6.49. The Hall–Kier alpha value is -1.06. The van der Waals surface area contributed by atoms with E-state index in [-0.39, 0.29) is 17.7 Å². The predicted molar refractivity (Wildman–Crippen MR) is 77.0 cm³/mol. The number of carbonyl (C=O) groups is 2. The molecule has 0 bridgehead atoms. The largest absolute Gasteiger partial charge is 0.481 e. The summed E-state index contributed by atoms with van der Waals surface area (Å²) < 4.78 is 0. The van der Waals surface area contributed by atoms with E-state index >= 15 is 0 Å². The molecule has 0 aromatic rings. The Morgan fingerprint density at radius 3 is 2.32 bits per heavy atom. The topological polar surface area (TPSA) is 66.4 Å². The molecule has 19 heavy (non-hydrogen) atoms. The standard InChI is InChI=1S/C15H29NO3/c1-12(2)10-15(3,4)11-13(17)16-9-7-5-6-8-14(18)19/h12H,5-11H2,1-4H3,(H,16,17)(H,18,19). The fourth-order valence-corrected chi connectivity index (χ4v) is 2.48. The van der Waals surface area contributed by atoms with E-state index in [1.165, 1.54) is 0 Å². The molecule has 0 spiro atoms. The van der Waals surface area contributed by atoms with Crippen LogP contribution in [0.15, 0.2) is 0 Å². The number of hydrogen-bond acceptors (Lipinski definition) is 2. The molecule has 0 saturated heterocycles. The molecule has 0 saturated carbocycles. The van der Waals surface area contributed by atoms with Gasteiger partial charge in [-0.2, -0.15) is 0 Å². The number of carbonyl (C=O) groups excluding carboxylic acids is 1. The first-order valence-electron chi connectivity index (χ1n) is 7.21. The van der Waals surface area contributed by atoms with Gasteiger partial charge in [0.15, 0.2) is 0 Å². The number of hydrogen-bond donors (Lipinski definition) is 2. The van der Waals surface area contributed by atoms with Gasteiger partial charge < -0.3 is 10.4 Å². The molecule has 0 atom stereocenters. The highest BCUT2D eigenvalue weighted by Gasteiger charge is 2.22. The highest BCUT2D eigenvalue weighted by Crippen LogP contribution is 2.28. The van der Waals surface area contributed by atoms with E-state index in [1.807, 2.05) is 0 Å². The molecular formula is C15H29NO3. The van der Waals surface area contributed by atoms with Crippen molar-refractivity contribution >= 4 is 11.9 Å². The Balaban J connectivity index is 3.67. The molecule has 0 rings (SSSR count). The fraction of sp³-hybridized carbons (Fsp3) is 0.867. The Kier molecular flexibility index (Phi) is 8.44. The van der Waals surface area contributed by atoms with Crippen molar-refractivity contribution in [2.75, 3.05) is 6.54 Å². The maximum absolute atomic E-state index is 11.8. The van der Waals surface area contributed by atoms with Gasteiger partial charge in [-0.3, -0.25) is 9.59 Å². The minimum atomic E-state index is -0.750. The Bertz CT molecular complexity index is 285. The van der Waals surface area contributed by atoms with Crippen molar-refractivity contribution in [3.63, 3.8) is 0 Å². The smallest absolute Gasteiger partial charge is 0.303 e. The summed E-state index contributed by atoms with van der Waals surface area (Å²) in [5, 5.41) is 11.4. The Morgan fingerprint density at radius 2 is 1.79 bits per heavy atom. The van der Waals surface area contributed by atoms with Crippen LogP contribution >= 0.6 is 0 Å². The molecule has 0 aliphatic rings. The van der Waals surface area contributed by atoms with Crippen LogP contribution in [0.3, 0.4) is 0 Å². The number of aliphatic carboxylic acids is 1. The SMILES string of the molecule is CC(C)CC(C)(C)CC(=O)NCCCCCC(=O)O. The van der Waals surface area contributed by atoms with Crippen molar-refractivity contribution in [2.45, 2.75) is 66.2 Å². The summed E-state index contributed by atoms with van der Waals surface area (Å²) in [5.41, 5.74) is 0.0432. The van der Waals surface area contributed by atoms with Gasteiger partial charge in [0.25, 0.3) is 0 Å². The van der Waals surface area contributed by atoms with Crippen LogP contribution in [-0.2, 0) is 9.59 Å². The molecule has 0 aromatic heterocycles. The first kappa shape index (κ1) is 17.9. The molecule has 1 amide bonds. The van der Waals surface area contributed by atoms with Crippen LogP contribution in [0, 0.1) is 11.3 Å². The lowest BCUT2D eigenvalue weighted by molar-refractivity contribution is -0.137. The van der Waals surface area contributed by atoms with Crippen LogP contribution in [0.5, 0.6) is 0 Å². The first-order valence-corrected chi connectivity index (χ1v) is 7.21. The summed E-state index contributed by atoms with van der Waals surface area (Å²) >= 11 is 0. The van der Waals surface area contributed by atoms with Gasteiger partial charge in [-0.25, -0.2) is 0 Å². The first-order chi connectivity index (χ1) is 8.73. The van der Waals surface area contributed by atoms with Crippen LogP contribution in [0.4, 0.5) is 0 Å². The van der Waals surface area contributed by atoms with Gasteiger partial charge in [0.2, 0.25) is 5.91 Å². The maximum Gasteiger partial charge on any atom is 0.303 e. The second-order valence-electron chi connectivity index (χ2n) is 6.49. The van der Waals surface area contributed by atoms with Gasteiger partial charge in [0.1, 0.15) is 0 Å². The summed E-state index contributed by atoms with van der Waals surface area (Å²) in [6.07, 6.45) is 4.20. The van der Waals surface area contributed by atoms with Crippen molar-refractivity contribution in [3.05, 3.63) is 0 Å². The molecule has 0 unspecified atom stereocenters. The third-order valence-corrected chi connectivity index (χ3v) is 2.99. The molecular weight excluding hydrogens is 242 g/mol. The van der Waals surface area contributed by atoms with E-state index in [2.05, 4.69) is 33.0 Å². The fourth-order valence-electron chi connectivity index (χ4n) is 2.48. The monoisotopic (exact) mass is 271 g/mol. The van der Waals surface area contributed by atoms with E-state index in [9.17, 15) is 9.59 Å². The zero-order valence-corrected chi connectivity index (χ0v) is 12.8. The van der Waals surface area contributed by atoms with Crippen LogP contribution in [0.25, 0.3) is 0 Å². The molecule has 0 aliphatic heterocycles. The molecule has 0 aliphatic carbocycles. The van der Waals surface area contributed by atoms with Crippen LogP contribution in [0.1, 0.15) is 66.2 Å². The molecule has 4 nitrogen and oxygen atoms in total. The van der Waals surface area contributed by atoms with Crippen LogP contribution in [-0.4, -0.2) is 23.5 Å². The van der Waals surface area contributed by atoms with E-state index in [0.717, 1.165) is 19.3 Å². The molecule has 4 heteroatoms. The normalized spacial score (nSPS) is 11.6. The summed E-state index contributed by atoms with van der Waals surface area (Å²) in [5.74, 6) is -0.0535. The van der Waals surface area contributed by atoms with Crippen molar-refractivity contribution in [3.8, 4) is 0 Å². The zero-order valence-electron chi connectivity index (χ0n) is 12.8. The maximum atomic E-state index is 11.8. The average molecular weight is 271 g/mol. The van der Waals surface area contributed by atoms with E-state index in [4.69, 9.17) is 5.11 Å². The summed E-state index contributed by atoms with van der Waals surface area (Å²) in [6.45, 7) is 9.24. The number of amides is 1. The molecule has 112 valence electrons. The Morgan fingerprint density at radius 1 is 1.16 bits per heavy atom. The van der Waals surface area contributed by atoms with Gasteiger partial charge >= 0.3 is 5.97 Å². The van der Waals surface area contributed by atoms with Gasteiger partial charge in [-0.1, -0.05) is 34.1 Å². The van der Waals surface area contributed by atoms with Crippen molar-refractivity contribution in [1.82, 2.24) is 5.32 Å². The Labute approximate surface area is 117 Å². The predicted octanol–water partition coefficient (Wildman–Crippen LogP) is 3.21. The molecule has 2 N–H and O–H groups in total. The van der Waals surface area contributed by atoms with Gasteiger partial charge in [-0.15, -0.1) is 0 Å². The second kappa shape index (κ2) is 8.94. The highest BCUT2D eigenvalue weighted by molar-refractivity contribution is 5.76. The lowest BCUT2D eigenvalue weighted by atomic mass is 9.81. The van der Waals surface area contributed by atoms with Crippen LogP contribution < -0.4 is 5.32 Å². The van der Waals surface area contributed by atoms with Crippen LogP contribution in [0.2, 0.25) is 0 Å². The van der Waals surface area contributed by atoms with Gasteiger partial charge in [0.05, 0.1) is 0 Å². The minimum absolute atomic E-state index is 0.0432. The van der Waals surface area contributed by atoms with Crippen molar-refractivity contribution in [2.24, 2.45) is 11.3 Å². The number of unbranched alkanes of at least 4 members (excludes halogenated alkanes) is 2. The number of carboxylic acids is 1. The summed E-state index contributed by atoms with van der Waals surface area (Å²) in [4.78, 5) is 22.1. The molecule has 0 heterocycles. The third-order valence-electron chi connectivity index (χ3n) is 2.99. The summed E-state index contributed by atoms with van der Waals surface area (Å²) in [7, 11) is 0. The van der Waals surface area contributed by atoms with Gasteiger partial charge in [-0.05, 0) is 30.6 Å². The number of carboxylic acid groups (broad SMARTS) is 1. The van der Waals surface area contributed by atoms with Crippen molar-refractivity contribution < 1.29 is 14.7 Å². The zero-order chi connectivity index (χ0) is 14.9. The lowest BCUT2D eigenvalue weighted by Crippen LogP contribution is -2.30. The van der Waals surface area contributed by atoms with E-state index < -0.39 is 5.97 Å². The highest BCUT2D eigenvalue weighted by atomic mass is 16.4. The molecule has 0 fully saturated rings. The number of rotatable bonds is 10. The van der Waals surface area contributed by atoms with E-state index in [1.54, 1.807) is 0 Å². The molecule has 0 aromatic carbocycles. The van der Waals surface area contributed by atoms with Gasteiger partial charge in [0, 0.05) is 19.4 Å². The molecule has 0 radical (unpaired) electrons. The lowest BCUT2D eigenvalue weighted by Gasteiger charge is -2.25. The summed E-state index contributed by atoms with van der Waals surface area (Å²) in [6, 6.07) is 0. The minimum Gasteiger partial charge on any atom is -0.481 e. The average Bonchev–Trinajstić information content (AvgIpc) is 2.19. The van der Waals surface area contributed by atoms with E-state index in [0.29, 0.717) is 25.3 Å². The van der Waals surface area contributed by atoms with Crippen molar-refractivity contribution in [1.29, 1.82) is 0 Å². The quantitative estimate of drug-likeness (QED) is 0.600. The third kappa shape index (κ3) is 11.7.